The number of methoxy groups -OCH3 is 2. The fourth-order valence-electron chi connectivity index (χ4n) is 9.59. The molecule has 3 aromatic rings. The van der Waals surface area contributed by atoms with Crippen molar-refractivity contribution in [2.24, 2.45) is 17.6 Å². The number of aryl methyl sites for hydroxylation is 2. The lowest BCUT2D eigenvalue weighted by Gasteiger charge is -2.35. The summed E-state index contributed by atoms with van der Waals surface area (Å²) >= 11 is 7.51. The van der Waals surface area contributed by atoms with Crippen LogP contribution in [0.4, 0.5) is 32.0 Å². The van der Waals surface area contributed by atoms with Gasteiger partial charge in [0.05, 0.1) is 40.5 Å². The van der Waals surface area contributed by atoms with Gasteiger partial charge in [0.2, 0.25) is 11.6 Å². The number of hydrogen-bond acceptors (Lipinski definition) is 19. The molecule has 4 heterocycles. The average molecular weight is 1160 g/mol. The molecular weight excluding hydrogens is 1080 g/mol. The molecule has 81 heavy (non-hydrogen) atoms. The number of piperazine rings is 1. The number of ether oxygens (including phenoxy) is 4. The summed E-state index contributed by atoms with van der Waals surface area (Å²) in [5.41, 5.74) is 7.84. The minimum atomic E-state index is -1.02. The lowest BCUT2D eigenvalue weighted by Crippen LogP contribution is -2.47. The third kappa shape index (κ3) is 18.5. The third-order valence-electron chi connectivity index (χ3n) is 14.1. The molecule has 22 nitrogen and oxygen atoms in total. The van der Waals surface area contributed by atoms with Crippen molar-refractivity contribution < 1.29 is 52.8 Å². The highest BCUT2D eigenvalue weighted by molar-refractivity contribution is 7.17. The normalized spacial score (nSPS) is 23.3. The average Bonchev–Trinajstić information content (AvgIpc) is 3.94. The molecule has 0 unspecified atom stereocenters. The van der Waals surface area contributed by atoms with Gasteiger partial charge in [-0.15, -0.1) is 0 Å². The van der Waals surface area contributed by atoms with E-state index in [1.165, 1.54) is 37.8 Å². The third-order valence-corrected chi connectivity index (χ3v) is 15.3. The molecule has 1 saturated heterocycles. The van der Waals surface area contributed by atoms with Crippen molar-refractivity contribution in [3.63, 3.8) is 0 Å². The summed E-state index contributed by atoms with van der Waals surface area (Å²) in [6.45, 7) is 15.2. The smallest absolute Gasteiger partial charge is 0.407 e. The Kier molecular flexibility index (Phi) is 23.9. The summed E-state index contributed by atoms with van der Waals surface area (Å²) in [6.07, 6.45) is 7.46. The van der Waals surface area contributed by atoms with Crippen LogP contribution in [0.1, 0.15) is 87.3 Å². The SMILES string of the molecule is CO[C@H]1/C=C\C=C(/C)C(=O)NC2=CC(=O)C(NCCCCCCNC(=O)OCCN3CCN(c4cc(Nc5ncc(C(=O)Nc6c(C)cccc6Cl)s5)nc(C)n4)CC3)=C(C[C@@H](C)C[C@H](OC)[C@@H](O)[C@@H](C)/C=C(\C)[C@@H]1OC(N)=O)C2=O. The number of hydrogen-bond donors (Lipinski definition) is 7. The van der Waals surface area contributed by atoms with Gasteiger partial charge in [-0.25, -0.2) is 24.5 Å². The molecule has 0 radical (unpaired) electrons. The summed E-state index contributed by atoms with van der Waals surface area (Å²) in [6, 6.07) is 7.28. The number of halogens is 1. The highest BCUT2D eigenvalue weighted by atomic mass is 35.5. The fourth-order valence-corrected chi connectivity index (χ4v) is 10.6. The van der Waals surface area contributed by atoms with Crippen LogP contribution in [0.15, 0.2) is 89.0 Å². The Bertz CT molecular complexity index is 2880. The van der Waals surface area contributed by atoms with Gasteiger partial charge in [0, 0.05) is 89.2 Å². The Morgan fingerprint density at radius 3 is 2.42 bits per heavy atom. The number of fused-ring (bicyclic) bond motifs is 2. The van der Waals surface area contributed by atoms with E-state index < -0.39 is 60.0 Å². The van der Waals surface area contributed by atoms with E-state index >= 15 is 0 Å². The van der Waals surface area contributed by atoms with Crippen molar-refractivity contribution in [2.45, 2.75) is 104 Å². The number of unbranched alkanes of at least 4 members (excludes halogenated alkanes) is 3. The van der Waals surface area contributed by atoms with Gasteiger partial charge >= 0.3 is 12.2 Å². The van der Waals surface area contributed by atoms with Gasteiger partial charge in [-0.1, -0.05) is 86.1 Å². The zero-order valence-corrected chi connectivity index (χ0v) is 48.8. The number of primary amides is 1. The number of benzene rings is 1. The second-order valence-corrected chi connectivity index (χ2v) is 21.8. The largest absolute Gasteiger partial charge is 0.448 e. The number of aliphatic hydroxyl groups is 1. The number of nitrogens with zero attached hydrogens (tertiary/aromatic N) is 5. The number of alkyl carbamates (subject to hydrolysis) is 1. The fraction of sp³-hybridized carbons (Fsp3) is 0.491. The number of amides is 4. The number of anilines is 4. The van der Waals surface area contributed by atoms with Crippen molar-refractivity contribution in [2.75, 3.05) is 82.2 Å². The Hall–Kier alpha value is -7.02. The van der Waals surface area contributed by atoms with E-state index in [1.54, 1.807) is 45.1 Å². The zero-order valence-electron chi connectivity index (χ0n) is 47.3. The maximum absolute atomic E-state index is 14.1. The van der Waals surface area contributed by atoms with Crippen LogP contribution < -0.4 is 37.2 Å². The molecule has 1 aliphatic carbocycles. The number of Topliss-reactive ketones (excluding diaryl/α,β-unsaturated/α-hetero) is 1. The van der Waals surface area contributed by atoms with Crippen LogP contribution in [-0.4, -0.2) is 152 Å². The Morgan fingerprint density at radius 2 is 1.72 bits per heavy atom. The second-order valence-electron chi connectivity index (χ2n) is 20.4. The van der Waals surface area contributed by atoms with Gasteiger partial charge in [-0.2, -0.15) is 0 Å². The Labute approximate surface area is 482 Å². The summed E-state index contributed by atoms with van der Waals surface area (Å²) < 4.78 is 22.3. The van der Waals surface area contributed by atoms with E-state index in [0.29, 0.717) is 89.9 Å². The molecule has 2 aliphatic heterocycles. The molecule has 6 rings (SSSR count). The molecule has 8 N–H and O–H groups in total. The van der Waals surface area contributed by atoms with E-state index in [4.69, 9.17) is 36.3 Å². The monoisotopic (exact) mass is 1160 g/mol. The van der Waals surface area contributed by atoms with Crippen LogP contribution >= 0.6 is 22.9 Å². The summed E-state index contributed by atoms with van der Waals surface area (Å²) in [7, 11) is 2.92. The molecule has 0 saturated carbocycles. The van der Waals surface area contributed by atoms with E-state index in [9.17, 15) is 33.9 Å². The molecule has 4 amide bonds. The van der Waals surface area contributed by atoms with Gasteiger partial charge < -0.3 is 61.3 Å². The van der Waals surface area contributed by atoms with Crippen LogP contribution in [0, 0.1) is 25.7 Å². The second kappa shape index (κ2) is 30.7. The van der Waals surface area contributed by atoms with Crippen molar-refractivity contribution in [1.29, 1.82) is 0 Å². The van der Waals surface area contributed by atoms with Crippen LogP contribution in [0.2, 0.25) is 5.02 Å². The molecule has 2 bridgehead atoms. The lowest BCUT2D eigenvalue weighted by atomic mass is 9.85. The van der Waals surface area contributed by atoms with Crippen molar-refractivity contribution >= 4 is 81.0 Å². The molecular formula is C57H76ClN11O11S. The van der Waals surface area contributed by atoms with Crippen LogP contribution in [0.25, 0.3) is 0 Å². The predicted octanol–water partition coefficient (Wildman–Crippen LogP) is 6.97. The number of nitrogens with one attached hydrogen (secondary N) is 5. The molecule has 438 valence electrons. The number of aromatic nitrogens is 3. The number of nitrogens with two attached hydrogens (primary N) is 1. The number of rotatable bonds is 19. The summed E-state index contributed by atoms with van der Waals surface area (Å²) in [5, 5.41) is 27.2. The van der Waals surface area contributed by atoms with Gasteiger partial charge in [0.1, 0.15) is 35.0 Å². The van der Waals surface area contributed by atoms with E-state index in [1.807, 2.05) is 39.0 Å². The minimum absolute atomic E-state index is 0.147. The first-order valence-corrected chi connectivity index (χ1v) is 28.3. The lowest BCUT2D eigenvalue weighted by molar-refractivity contribution is -0.120. The quantitative estimate of drug-likeness (QED) is 0.0362. The van der Waals surface area contributed by atoms with Gasteiger partial charge in [0.25, 0.3) is 11.8 Å². The first kappa shape index (κ1) is 63.2. The number of allylic oxidation sites excluding steroid dienone is 4. The van der Waals surface area contributed by atoms with Gasteiger partial charge in [-0.3, -0.25) is 24.1 Å². The number of thiazole rings is 1. The summed E-state index contributed by atoms with van der Waals surface area (Å²) in [5.74, 6) is -0.719. The van der Waals surface area contributed by atoms with E-state index in [-0.39, 0.29) is 47.4 Å². The zero-order chi connectivity index (χ0) is 58.8. The molecule has 6 atom stereocenters. The van der Waals surface area contributed by atoms with Crippen LogP contribution in [0.5, 0.6) is 0 Å². The van der Waals surface area contributed by atoms with Crippen molar-refractivity contribution in [3.05, 3.63) is 110 Å². The maximum atomic E-state index is 14.1. The predicted molar refractivity (Wildman–Crippen MR) is 310 cm³/mol. The molecule has 0 spiro atoms. The number of aliphatic hydroxyl groups excluding tert-OH is 1. The first-order valence-electron chi connectivity index (χ1n) is 27.1. The number of carbonyl (C=O) groups is 6. The van der Waals surface area contributed by atoms with Crippen molar-refractivity contribution in [1.82, 2.24) is 35.8 Å². The highest BCUT2D eigenvalue weighted by Gasteiger charge is 2.34. The maximum Gasteiger partial charge on any atom is 0.407 e. The number of ketones is 2. The van der Waals surface area contributed by atoms with Crippen LogP contribution in [-0.2, 0) is 33.3 Å². The molecule has 1 aromatic carbocycles. The number of para-hydroxylation sites is 1. The summed E-state index contributed by atoms with van der Waals surface area (Å²) in [4.78, 5) is 97.1. The van der Waals surface area contributed by atoms with Gasteiger partial charge in [-0.05, 0) is 76.5 Å². The van der Waals surface area contributed by atoms with Gasteiger partial charge in [0.15, 0.2) is 11.2 Å². The first-order chi connectivity index (χ1) is 38.7. The Balaban J connectivity index is 0.925. The van der Waals surface area contributed by atoms with E-state index in [2.05, 4.69) is 51.3 Å². The topological polar surface area (TPSA) is 291 Å². The molecule has 24 heteroatoms. The Morgan fingerprint density at radius 1 is 0.975 bits per heavy atom. The molecule has 1 fully saturated rings. The van der Waals surface area contributed by atoms with Crippen molar-refractivity contribution in [3.8, 4) is 0 Å². The molecule has 2 aromatic heterocycles. The number of carbonyl (C=O) groups excluding carboxylic acids is 6. The van der Waals surface area contributed by atoms with Crippen LogP contribution in [0.3, 0.4) is 0 Å². The molecule has 3 aliphatic rings. The standard InChI is InChI=1S/C57H76ClN11O11S/c1-33-27-39-49(42(70)30-41(51(39)72)65-53(73)35(3)16-14-18-43(77-7)52(80-55(59)75)37(5)29-36(4)50(71)44(28-33)78-8)60-19-11-9-10-12-20-61-57(76)79-26-25-68-21-23-69(24-22-68)47-31-46(63-38(6)64-47)66-56-62-32-45(81-56)54(74)67-48-34(2)15-13-17-40(48)58/h13-18,29-33,36,43-44,50,52,60,71H,9-12,19-28H2,1-8H3,(H2,59,75)(H,61,76)(H,65,73)(H,67,74)(H,62,63,64,66)/b18-14-,35-16+,37-29+/t33-,36+,43+,44+,50+,52+/m1/s1. The highest BCUT2D eigenvalue weighted by Crippen LogP contribution is 2.31. The van der Waals surface area contributed by atoms with E-state index in [0.717, 1.165) is 43.4 Å². The minimum Gasteiger partial charge on any atom is -0.448 e.